The van der Waals surface area contributed by atoms with Gasteiger partial charge in [0.05, 0.1) is 15.6 Å². The molecule has 6 heteroatoms. The molecule has 2 N–H and O–H groups in total. The summed E-state index contributed by atoms with van der Waals surface area (Å²) in [7, 11) is -3.45. The predicted molar refractivity (Wildman–Crippen MR) is 48.9 cm³/mol. The fraction of sp³-hybridized carbons (Fsp3) is 0.143. The van der Waals surface area contributed by atoms with Gasteiger partial charge in [-0.15, -0.1) is 0 Å². The van der Waals surface area contributed by atoms with Crippen LogP contribution in [0.4, 0.5) is 10.1 Å². The maximum absolute atomic E-state index is 12.7. The molecule has 3 nitrogen and oxygen atoms in total. The van der Waals surface area contributed by atoms with E-state index in [4.69, 9.17) is 17.3 Å². The van der Waals surface area contributed by atoms with Gasteiger partial charge in [-0.25, -0.2) is 12.8 Å². The number of sulfone groups is 1. The van der Waals surface area contributed by atoms with Gasteiger partial charge in [-0.3, -0.25) is 0 Å². The molecule has 0 radical (unpaired) electrons. The minimum atomic E-state index is -3.45. The first-order valence-corrected chi connectivity index (χ1v) is 5.54. The maximum Gasteiger partial charge on any atom is 0.177 e. The van der Waals surface area contributed by atoms with E-state index < -0.39 is 15.7 Å². The van der Waals surface area contributed by atoms with Crippen molar-refractivity contribution < 1.29 is 12.8 Å². The smallest absolute Gasteiger partial charge is 0.177 e. The lowest BCUT2D eigenvalue weighted by Gasteiger charge is -2.04. The summed E-state index contributed by atoms with van der Waals surface area (Å²) in [5.74, 6) is -0.730. The number of hydrogen-bond donors (Lipinski definition) is 1. The van der Waals surface area contributed by atoms with E-state index in [2.05, 4.69) is 0 Å². The lowest BCUT2D eigenvalue weighted by Crippen LogP contribution is -2.03. The fourth-order valence-corrected chi connectivity index (χ4v) is 1.91. The SMILES string of the molecule is CS(=O)(=O)c1cc(Cl)c(F)cc1N. The van der Waals surface area contributed by atoms with Crippen molar-refractivity contribution in [2.24, 2.45) is 0 Å². The second-order valence-electron chi connectivity index (χ2n) is 2.58. The van der Waals surface area contributed by atoms with Crippen LogP contribution in [0.25, 0.3) is 0 Å². The van der Waals surface area contributed by atoms with Gasteiger partial charge in [-0.05, 0) is 12.1 Å². The molecular weight excluding hydrogens is 217 g/mol. The molecule has 0 fully saturated rings. The highest BCUT2D eigenvalue weighted by Crippen LogP contribution is 2.25. The first-order chi connectivity index (χ1) is 5.82. The van der Waals surface area contributed by atoms with E-state index in [1.807, 2.05) is 0 Å². The molecule has 1 rings (SSSR count). The third-order valence-electron chi connectivity index (χ3n) is 1.45. The zero-order valence-corrected chi connectivity index (χ0v) is 8.29. The van der Waals surface area contributed by atoms with Crippen molar-refractivity contribution in [2.75, 3.05) is 12.0 Å². The zero-order valence-electron chi connectivity index (χ0n) is 6.71. The van der Waals surface area contributed by atoms with Crippen LogP contribution in [-0.2, 0) is 9.84 Å². The summed E-state index contributed by atoms with van der Waals surface area (Å²) < 4.78 is 34.9. The Labute approximate surface area is 80.2 Å². The molecule has 0 amide bonds. The van der Waals surface area contributed by atoms with Crippen LogP contribution in [0.15, 0.2) is 17.0 Å². The maximum atomic E-state index is 12.7. The molecule has 0 saturated heterocycles. The minimum absolute atomic E-state index is 0.135. The van der Waals surface area contributed by atoms with Crippen LogP contribution in [0.3, 0.4) is 0 Å². The Bertz CT molecular complexity index is 444. The molecule has 72 valence electrons. The second-order valence-corrected chi connectivity index (χ2v) is 4.97. The number of nitrogen functional groups attached to an aromatic ring is 1. The van der Waals surface area contributed by atoms with E-state index in [0.29, 0.717) is 0 Å². The summed E-state index contributed by atoms with van der Waals surface area (Å²) in [6.45, 7) is 0. The van der Waals surface area contributed by atoms with E-state index in [9.17, 15) is 12.8 Å². The Hall–Kier alpha value is -0.810. The van der Waals surface area contributed by atoms with Gasteiger partial charge in [0.15, 0.2) is 9.84 Å². The van der Waals surface area contributed by atoms with E-state index in [1.54, 1.807) is 0 Å². The van der Waals surface area contributed by atoms with Gasteiger partial charge in [-0.1, -0.05) is 11.6 Å². The van der Waals surface area contributed by atoms with Gasteiger partial charge in [0, 0.05) is 6.26 Å². The quantitative estimate of drug-likeness (QED) is 0.579. The molecule has 0 bridgehead atoms. The molecule has 0 saturated carbocycles. The molecule has 13 heavy (non-hydrogen) atoms. The van der Waals surface area contributed by atoms with E-state index in [-0.39, 0.29) is 15.6 Å². The van der Waals surface area contributed by atoms with Crippen LogP contribution in [-0.4, -0.2) is 14.7 Å². The van der Waals surface area contributed by atoms with Gasteiger partial charge >= 0.3 is 0 Å². The summed E-state index contributed by atoms with van der Waals surface area (Å²) >= 11 is 5.40. The van der Waals surface area contributed by atoms with Crippen molar-refractivity contribution in [1.29, 1.82) is 0 Å². The molecule has 0 spiro atoms. The number of anilines is 1. The number of halogens is 2. The highest BCUT2D eigenvalue weighted by atomic mass is 35.5. The van der Waals surface area contributed by atoms with Crippen molar-refractivity contribution in [3.63, 3.8) is 0 Å². The number of nitrogens with two attached hydrogens (primary N) is 1. The fourth-order valence-electron chi connectivity index (χ4n) is 0.865. The third kappa shape index (κ3) is 2.10. The van der Waals surface area contributed by atoms with Crippen molar-refractivity contribution in [2.45, 2.75) is 4.90 Å². The summed E-state index contributed by atoms with van der Waals surface area (Å²) in [5.41, 5.74) is 5.16. The van der Waals surface area contributed by atoms with Gasteiger partial charge in [0.2, 0.25) is 0 Å². The van der Waals surface area contributed by atoms with Crippen molar-refractivity contribution in [3.05, 3.63) is 23.0 Å². The minimum Gasteiger partial charge on any atom is -0.398 e. The second kappa shape index (κ2) is 3.16. The lowest BCUT2D eigenvalue weighted by molar-refractivity contribution is 0.601. The average Bonchev–Trinajstić information content (AvgIpc) is 1.94. The average molecular weight is 224 g/mol. The van der Waals surface area contributed by atoms with Crippen LogP contribution in [0, 0.1) is 5.82 Å². The Morgan fingerprint density at radius 2 is 2.00 bits per heavy atom. The first-order valence-electron chi connectivity index (χ1n) is 3.27. The summed E-state index contributed by atoms with van der Waals surface area (Å²) in [4.78, 5) is -0.154. The molecule has 0 unspecified atom stereocenters. The molecule has 0 aromatic heterocycles. The summed E-state index contributed by atoms with van der Waals surface area (Å²) in [6, 6.07) is 1.89. The Morgan fingerprint density at radius 1 is 1.46 bits per heavy atom. The van der Waals surface area contributed by atoms with Gasteiger partial charge in [0.1, 0.15) is 5.82 Å². The highest BCUT2D eigenvalue weighted by molar-refractivity contribution is 7.90. The monoisotopic (exact) mass is 223 g/mol. The predicted octanol–water partition coefficient (Wildman–Crippen LogP) is 1.46. The largest absolute Gasteiger partial charge is 0.398 e. The molecule has 0 aliphatic heterocycles. The number of benzene rings is 1. The van der Waals surface area contributed by atoms with E-state index in [1.165, 1.54) is 0 Å². The Kier molecular flexibility index (Phi) is 2.49. The van der Waals surface area contributed by atoms with Crippen LogP contribution in [0.1, 0.15) is 0 Å². The van der Waals surface area contributed by atoms with Crippen LogP contribution < -0.4 is 5.73 Å². The Balaban J connectivity index is 3.50. The molecule has 1 aromatic carbocycles. The molecule has 0 atom stereocenters. The van der Waals surface area contributed by atoms with Crippen molar-refractivity contribution >= 4 is 27.1 Å². The van der Waals surface area contributed by atoms with Gasteiger partial charge < -0.3 is 5.73 Å². The van der Waals surface area contributed by atoms with E-state index in [0.717, 1.165) is 18.4 Å². The van der Waals surface area contributed by atoms with E-state index >= 15 is 0 Å². The van der Waals surface area contributed by atoms with Gasteiger partial charge in [-0.2, -0.15) is 0 Å². The standard InChI is InChI=1S/C7H7ClFNO2S/c1-13(11,12)7-2-4(8)5(9)3-6(7)10/h2-3H,10H2,1H3. The molecule has 0 aliphatic carbocycles. The first kappa shape index (κ1) is 10.3. The van der Waals surface area contributed by atoms with Crippen molar-refractivity contribution in [1.82, 2.24) is 0 Å². The molecular formula is C7H7ClFNO2S. The van der Waals surface area contributed by atoms with Crippen LogP contribution in [0.5, 0.6) is 0 Å². The van der Waals surface area contributed by atoms with Gasteiger partial charge in [0.25, 0.3) is 0 Å². The molecule has 1 aromatic rings. The summed E-state index contributed by atoms with van der Waals surface area (Å²) in [6.07, 6.45) is 0.979. The number of hydrogen-bond acceptors (Lipinski definition) is 3. The topological polar surface area (TPSA) is 60.2 Å². The lowest BCUT2D eigenvalue weighted by atomic mass is 10.3. The van der Waals surface area contributed by atoms with Crippen LogP contribution >= 0.6 is 11.6 Å². The van der Waals surface area contributed by atoms with Crippen LogP contribution in [0.2, 0.25) is 5.02 Å². The molecule has 0 heterocycles. The highest BCUT2D eigenvalue weighted by Gasteiger charge is 2.14. The third-order valence-corrected chi connectivity index (χ3v) is 2.89. The Morgan fingerprint density at radius 3 is 2.46 bits per heavy atom. The van der Waals surface area contributed by atoms with Crippen molar-refractivity contribution in [3.8, 4) is 0 Å². The number of rotatable bonds is 1. The molecule has 0 aliphatic rings. The summed E-state index contributed by atoms with van der Waals surface area (Å²) in [5, 5.41) is -0.255. The zero-order chi connectivity index (χ0) is 10.2. The normalized spacial score (nSPS) is 11.6.